The number of para-hydroxylation sites is 1. The SMILES string of the molecule is CC(C)CSCc1ccccc1N. The smallest absolute Gasteiger partial charge is 0.0355 e. The summed E-state index contributed by atoms with van der Waals surface area (Å²) in [5, 5.41) is 0. The largest absolute Gasteiger partial charge is 0.398 e. The fraction of sp³-hybridized carbons (Fsp3) is 0.455. The van der Waals surface area contributed by atoms with E-state index in [0.717, 1.165) is 17.4 Å². The molecule has 1 aromatic rings. The molecule has 0 fully saturated rings. The minimum atomic E-state index is 0.759. The first-order valence-electron chi connectivity index (χ1n) is 4.61. The van der Waals surface area contributed by atoms with E-state index in [1.807, 2.05) is 30.0 Å². The van der Waals surface area contributed by atoms with Gasteiger partial charge >= 0.3 is 0 Å². The molecule has 0 aliphatic heterocycles. The van der Waals surface area contributed by atoms with Crippen molar-refractivity contribution in [1.82, 2.24) is 0 Å². The molecule has 2 N–H and O–H groups in total. The van der Waals surface area contributed by atoms with Crippen molar-refractivity contribution in [3.8, 4) is 0 Å². The Morgan fingerprint density at radius 1 is 1.31 bits per heavy atom. The molecule has 0 unspecified atom stereocenters. The normalized spacial score (nSPS) is 10.7. The van der Waals surface area contributed by atoms with Gasteiger partial charge < -0.3 is 5.73 Å². The molecule has 0 aromatic heterocycles. The maximum absolute atomic E-state index is 5.82. The average Bonchev–Trinajstić information content (AvgIpc) is 2.08. The number of thioether (sulfide) groups is 1. The average molecular weight is 195 g/mol. The lowest BCUT2D eigenvalue weighted by Crippen LogP contribution is -1.95. The van der Waals surface area contributed by atoms with Crippen LogP contribution in [0, 0.1) is 5.92 Å². The zero-order chi connectivity index (χ0) is 9.68. The Labute approximate surface area is 84.7 Å². The van der Waals surface area contributed by atoms with Crippen LogP contribution in [-0.4, -0.2) is 5.75 Å². The van der Waals surface area contributed by atoms with Crippen LogP contribution in [0.1, 0.15) is 19.4 Å². The van der Waals surface area contributed by atoms with Gasteiger partial charge in [0.15, 0.2) is 0 Å². The quantitative estimate of drug-likeness (QED) is 0.747. The number of hydrogen-bond acceptors (Lipinski definition) is 2. The second-order valence-corrected chi connectivity index (χ2v) is 4.64. The topological polar surface area (TPSA) is 26.0 Å². The van der Waals surface area contributed by atoms with Crippen LogP contribution in [0.25, 0.3) is 0 Å². The second-order valence-electron chi connectivity index (χ2n) is 3.61. The van der Waals surface area contributed by atoms with Gasteiger partial charge in [-0.05, 0) is 23.3 Å². The summed E-state index contributed by atoms with van der Waals surface area (Å²) in [6.45, 7) is 4.47. The summed E-state index contributed by atoms with van der Waals surface area (Å²) >= 11 is 1.95. The van der Waals surface area contributed by atoms with Crippen molar-refractivity contribution >= 4 is 17.4 Å². The zero-order valence-corrected chi connectivity index (χ0v) is 9.10. The van der Waals surface area contributed by atoms with Gasteiger partial charge in [0.1, 0.15) is 0 Å². The van der Waals surface area contributed by atoms with Gasteiger partial charge in [-0.15, -0.1) is 0 Å². The van der Waals surface area contributed by atoms with E-state index < -0.39 is 0 Å². The number of nitrogens with two attached hydrogens (primary N) is 1. The molecular weight excluding hydrogens is 178 g/mol. The fourth-order valence-electron chi connectivity index (χ4n) is 1.07. The lowest BCUT2D eigenvalue weighted by atomic mass is 10.2. The number of hydrogen-bond donors (Lipinski definition) is 1. The molecule has 0 radical (unpaired) electrons. The van der Waals surface area contributed by atoms with Gasteiger partial charge in [0.25, 0.3) is 0 Å². The fourth-order valence-corrected chi connectivity index (χ4v) is 2.14. The Morgan fingerprint density at radius 3 is 2.62 bits per heavy atom. The van der Waals surface area contributed by atoms with E-state index in [4.69, 9.17) is 5.73 Å². The Bertz CT molecular complexity index is 258. The maximum Gasteiger partial charge on any atom is 0.0355 e. The summed E-state index contributed by atoms with van der Waals surface area (Å²) in [7, 11) is 0. The highest BCUT2D eigenvalue weighted by Crippen LogP contribution is 2.19. The van der Waals surface area contributed by atoms with Crippen LogP contribution in [0.2, 0.25) is 0 Å². The van der Waals surface area contributed by atoms with Crippen molar-refractivity contribution in [2.24, 2.45) is 5.92 Å². The standard InChI is InChI=1S/C11H17NS/c1-9(2)7-13-8-10-5-3-4-6-11(10)12/h3-6,9H,7-8,12H2,1-2H3. The molecule has 1 aromatic carbocycles. The molecule has 0 saturated heterocycles. The summed E-state index contributed by atoms with van der Waals surface area (Å²) in [5.41, 5.74) is 8.00. The third kappa shape index (κ3) is 3.73. The summed E-state index contributed by atoms with van der Waals surface area (Å²) < 4.78 is 0. The molecule has 0 saturated carbocycles. The van der Waals surface area contributed by atoms with Crippen LogP contribution in [0.4, 0.5) is 5.69 Å². The number of anilines is 1. The Balaban J connectivity index is 2.41. The molecule has 0 aliphatic carbocycles. The van der Waals surface area contributed by atoms with Crippen molar-refractivity contribution in [3.63, 3.8) is 0 Å². The van der Waals surface area contributed by atoms with E-state index in [9.17, 15) is 0 Å². The number of benzene rings is 1. The molecule has 1 rings (SSSR count). The predicted molar refractivity (Wildman–Crippen MR) is 61.9 cm³/mol. The van der Waals surface area contributed by atoms with Gasteiger partial charge in [-0.25, -0.2) is 0 Å². The Hall–Kier alpha value is -0.630. The summed E-state index contributed by atoms with van der Waals surface area (Å²) in [6, 6.07) is 8.08. The first-order chi connectivity index (χ1) is 6.20. The van der Waals surface area contributed by atoms with Crippen LogP contribution in [0.15, 0.2) is 24.3 Å². The van der Waals surface area contributed by atoms with Gasteiger partial charge in [0, 0.05) is 11.4 Å². The van der Waals surface area contributed by atoms with E-state index in [0.29, 0.717) is 0 Å². The van der Waals surface area contributed by atoms with E-state index in [-0.39, 0.29) is 0 Å². The molecule has 13 heavy (non-hydrogen) atoms. The van der Waals surface area contributed by atoms with Gasteiger partial charge in [0.05, 0.1) is 0 Å². The van der Waals surface area contributed by atoms with Crippen LogP contribution < -0.4 is 5.73 Å². The third-order valence-electron chi connectivity index (χ3n) is 1.76. The minimum Gasteiger partial charge on any atom is -0.398 e. The summed E-state index contributed by atoms with van der Waals surface area (Å²) in [5.74, 6) is 2.99. The van der Waals surface area contributed by atoms with Crippen molar-refractivity contribution in [1.29, 1.82) is 0 Å². The lowest BCUT2D eigenvalue weighted by Gasteiger charge is -2.06. The molecule has 0 atom stereocenters. The monoisotopic (exact) mass is 195 g/mol. The molecule has 2 heteroatoms. The van der Waals surface area contributed by atoms with Crippen molar-refractivity contribution in [2.75, 3.05) is 11.5 Å². The highest BCUT2D eigenvalue weighted by atomic mass is 32.2. The molecular formula is C11H17NS. The third-order valence-corrected chi connectivity index (χ3v) is 3.18. The first-order valence-corrected chi connectivity index (χ1v) is 5.76. The van der Waals surface area contributed by atoms with Gasteiger partial charge in [-0.1, -0.05) is 32.0 Å². The second kappa shape index (κ2) is 5.18. The highest BCUT2D eigenvalue weighted by molar-refractivity contribution is 7.98. The molecule has 72 valence electrons. The van der Waals surface area contributed by atoms with Crippen LogP contribution in [0.5, 0.6) is 0 Å². The highest BCUT2D eigenvalue weighted by Gasteiger charge is 1.99. The molecule has 0 aliphatic rings. The van der Waals surface area contributed by atoms with E-state index in [1.165, 1.54) is 11.3 Å². The van der Waals surface area contributed by atoms with Crippen LogP contribution >= 0.6 is 11.8 Å². The van der Waals surface area contributed by atoms with E-state index >= 15 is 0 Å². The Kier molecular flexibility index (Phi) is 4.16. The first kappa shape index (κ1) is 10.5. The van der Waals surface area contributed by atoms with E-state index in [2.05, 4.69) is 19.9 Å². The molecule has 0 amide bonds. The van der Waals surface area contributed by atoms with E-state index in [1.54, 1.807) is 0 Å². The minimum absolute atomic E-state index is 0.759. The van der Waals surface area contributed by atoms with Crippen molar-refractivity contribution < 1.29 is 0 Å². The van der Waals surface area contributed by atoms with Crippen LogP contribution in [-0.2, 0) is 5.75 Å². The van der Waals surface area contributed by atoms with Crippen molar-refractivity contribution in [3.05, 3.63) is 29.8 Å². The van der Waals surface area contributed by atoms with Gasteiger partial charge in [-0.2, -0.15) is 11.8 Å². The molecule has 0 spiro atoms. The van der Waals surface area contributed by atoms with Crippen molar-refractivity contribution in [2.45, 2.75) is 19.6 Å². The van der Waals surface area contributed by atoms with Gasteiger partial charge in [-0.3, -0.25) is 0 Å². The zero-order valence-electron chi connectivity index (χ0n) is 8.29. The summed E-state index contributed by atoms with van der Waals surface area (Å²) in [4.78, 5) is 0. The van der Waals surface area contributed by atoms with Gasteiger partial charge in [0.2, 0.25) is 0 Å². The summed E-state index contributed by atoms with van der Waals surface area (Å²) in [6.07, 6.45) is 0. The Morgan fingerprint density at radius 2 is 2.00 bits per heavy atom. The number of rotatable bonds is 4. The predicted octanol–water partition coefficient (Wildman–Crippen LogP) is 3.16. The lowest BCUT2D eigenvalue weighted by molar-refractivity contribution is 0.750. The van der Waals surface area contributed by atoms with Crippen LogP contribution in [0.3, 0.4) is 0 Å². The maximum atomic E-state index is 5.82. The number of nitrogen functional groups attached to an aromatic ring is 1. The molecule has 0 bridgehead atoms. The molecule has 1 nitrogen and oxygen atoms in total. The molecule has 0 heterocycles.